The van der Waals surface area contributed by atoms with Crippen molar-refractivity contribution in [1.29, 1.82) is 0 Å². The second-order valence-electron chi connectivity index (χ2n) is 8.04. The number of nitrogens with one attached hydrogen (secondary N) is 1. The van der Waals surface area contributed by atoms with Crippen molar-refractivity contribution in [1.82, 2.24) is 5.32 Å². The summed E-state index contributed by atoms with van der Waals surface area (Å²) < 4.78 is 24.1. The van der Waals surface area contributed by atoms with E-state index in [0.29, 0.717) is 42.3 Å². The Bertz CT molecular complexity index is 1020. The number of hydrogen-bond acceptors (Lipinski definition) is 5. The molecule has 0 saturated heterocycles. The Kier molecular flexibility index (Phi) is 6.68. The van der Waals surface area contributed by atoms with Crippen LogP contribution in [0.15, 0.2) is 42.5 Å². The molecule has 1 fully saturated rings. The fourth-order valence-corrected chi connectivity index (χ4v) is 3.48. The van der Waals surface area contributed by atoms with Crippen molar-refractivity contribution in [3.05, 3.63) is 53.8 Å². The highest BCUT2D eigenvalue weighted by molar-refractivity contribution is 6.02. The molecule has 0 bridgehead atoms. The number of benzene rings is 2. The molecule has 1 heterocycles. The number of rotatable bonds is 10. The highest BCUT2D eigenvalue weighted by Gasteiger charge is 2.27. The summed E-state index contributed by atoms with van der Waals surface area (Å²) in [5, 5.41) is 2.92. The third kappa shape index (κ3) is 5.63. The number of hydrogen-bond donors (Lipinski definition) is 1. The van der Waals surface area contributed by atoms with Gasteiger partial charge in [-0.3, -0.25) is 14.4 Å². The summed E-state index contributed by atoms with van der Waals surface area (Å²) in [4.78, 5) is 38.6. The third-order valence-electron chi connectivity index (χ3n) is 5.46. The van der Waals surface area contributed by atoms with Gasteiger partial charge in [-0.15, -0.1) is 0 Å². The highest BCUT2D eigenvalue weighted by Crippen LogP contribution is 2.33. The van der Waals surface area contributed by atoms with Gasteiger partial charge in [-0.2, -0.15) is 0 Å². The topological polar surface area (TPSA) is 84.9 Å². The van der Waals surface area contributed by atoms with Crippen LogP contribution in [0.1, 0.15) is 36.0 Å². The van der Waals surface area contributed by atoms with Crippen molar-refractivity contribution in [2.24, 2.45) is 5.92 Å². The maximum Gasteiger partial charge on any atom is 0.265 e. The second kappa shape index (κ2) is 9.80. The van der Waals surface area contributed by atoms with E-state index in [1.807, 2.05) is 0 Å². The molecule has 0 atom stereocenters. The molecule has 7 nitrogen and oxygen atoms in total. The Balaban J connectivity index is 1.37. The molecule has 1 N–H and O–H groups in total. The molecule has 4 rings (SSSR count). The lowest BCUT2D eigenvalue weighted by Crippen LogP contribution is -2.40. The van der Waals surface area contributed by atoms with Gasteiger partial charge in [0.05, 0.1) is 5.69 Å². The zero-order valence-electron chi connectivity index (χ0n) is 17.6. The van der Waals surface area contributed by atoms with Gasteiger partial charge in [0.25, 0.3) is 5.91 Å². The first-order valence-electron chi connectivity index (χ1n) is 10.7. The lowest BCUT2D eigenvalue weighted by atomic mass is 10.1. The summed E-state index contributed by atoms with van der Waals surface area (Å²) in [5.41, 5.74) is 0.849. The number of ether oxygens (including phenoxy) is 2. The number of amides is 2. The summed E-state index contributed by atoms with van der Waals surface area (Å²) in [6.07, 6.45) is 3.18. The van der Waals surface area contributed by atoms with E-state index in [1.54, 1.807) is 29.2 Å². The summed E-state index contributed by atoms with van der Waals surface area (Å²) in [6, 6.07) is 10.4. The minimum Gasteiger partial charge on any atom is -0.485 e. The molecule has 2 aromatic rings. The molecule has 1 saturated carbocycles. The number of halogens is 1. The summed E-state index contributed by atoms with van der Waals surface area (Å²) in [6.45, 7) is 0.722. The SMILES string of the molecule is O=C(CCCN1C(=O)COc2ccc(C(=O)COc3cccc(F)c3)cc21)NCC1CC1. The van der Waals surface area contributed by atoms with Crippen molar-refractivity contribution in [3.63, 3.8) is 0 Å². The van der Waals surface area contributed by atoms with E-state index < -0.39 is 5.82 Å². The Morgan fingerprint density at radius 3 is 2.81 bits per heavy atom. The molecule has 2 aliphatic rings. The van der Waals surface area contributed by atoms with Gasteiger partial charge in [0.15, 0.2) is 19.0 Å². The van der Waals surface area contributed by atoms with Gasteiger partial charge < -0.3 is 19.7 Å². The van der Waals surface area contributed by atoms with Crippen LogP contribution >= 0.6 is 0 Å². The van der Waals surface area contributed by atoms with Gasteiger partial charge in [0.1, 0.15) is 17.3 Å². The van der Waals surface area contributed by atoms with Crippen LogP contribution in [-0.2, 0) is 9.59 Å². The van der Waals surface area contributed by atoms with Crippen LogP contribution in [0.3, 0.4) is 0 Å². The van der Waals surface area contributed by atoms with E-state index in [9.17, 15) is 18.8 Å². The van der Waals surface area contributed by atoms with Crippen molar-refractivity contribution in [2.45, 2.75) is 25.7 Å². The standard InChI is InChI=1S/C24H25FN2O5/c25-18-3-1-4-19(12-18)31-14-21(28)17-8-9-22-20(11-17)27(24(30)15-32-22)10-2-5-23(29)26-13-16-6-7-16/h1,3-4,8-9,11-12,16H,2,5-7,10,13-15H2,(H,26,29). The predicted molar refractivity (Wildman–Crippen MR) is 115 cm³/mol. The molecule has 32 heavy (non-hydrogen) atoms. The number of anilines is 1. The lowest BCUT2D eigenvalue weighted by molar-refractivity contribution is -0.122. The van der Waals surface area contributed by atoms with Gasteiger partial charge in [-0.25, -0.2) is 4.39 Å². The predicted octanol–water partition coefficient (Wildman–Crippen LogP) is 3.12. The average Bonchev–Trinajstić information content (AvgIpc) is 3.62. The molecule has 0 radical (unpaired) electrons. The molecule has 8 heteroatoms. The number of nitrogens with zero attached hydrogens (tertiary/aromatic N) is 1. The number of fused-ring (bicyclic) bond motifs is 1. The summed E-state index contributed by atoms with van der Waals surface area (Å²) >= 11 is 0. The fourth-order valence-electron chi connectivity index (χ4n) is 3.48. The molecule has 1 aliphatic heterocycles. The van der Waals surface area contributed by atoms with E-state index in [1.165, 1.54) is 31.0 Å². The summed E-state index contributed by atoms with van der Waals surface area (Å²) in [5.74, 6) is 0.382. The first kappa shape index (κ1) is 21.8. The Labute approximate surface area is 185 Å². The molecule has 168 valence electrons. The van der Waals surface area contributed by atoms with E-state index in [-0.39, 0.29) is 36.6 Å². The molecule has 2 amide bonds. The lowest BCUT2D eigenvalue weighted by Gasteiger charge is -2.29. The van der Waals surface area contributed by atoms with Gasteiger partial charge in [-0.1, -0.05) is 6.07 Å². The normalized spacial score (nSPS) is 15.0. The maximum atomic E-state index is 13.3. The Morgan fingerprint density at radius 1 is 1.19 bits per heavy atom. The molecule has 1 aliphatic carbocycles. The zero-order valence-corrected chi connectivity index (χ0v) is 17.6. The number of carbonyl (C=O) groups excluding carboxylic acids is 3. The van der Waals surface area contributed by atoms with E-state index in [4.69, 9.17) is 9.47 Å². The fraction of sp³-hybridized carbons (Fsp3) is 0.375. The quantitative estimate of drug-likeness (QED) is 0.574. The first-order valence-corrected chi connectivity index (χ1v) is 10.7. The largest absolute Gasteiger partial charge is 0.485 e. The van der Waals surface area contributed by atoms with Crippen LogP contribution in [0.4, 0.5) is 10.1 Å². The smallest absolute Gasteiger partial charge is 0.265 e. The zero-order chi connectivity index (χ0) is 22.5. The third-order valence-corrected chi connectivity index (χ3v) is 5.46. The number of ketones is 1. The average molecular weight is 440 g/mol. The highest BCUT2D eigenvalue weighted by atomic mass is 19.1. The molecule has 0 spiro atoms. The molecular weight excluding hydrogens is 415 g/mol. The molecular formula is C24H25FN2O5. The van der Waals surface area contributed by atoms with Gasteiger partial charge >= 0.3 is 0 Å². The maximum absolute atomic E-state index is 13.3. The van der Waals surface area contributed by atoms with Crippen LogP contribution in [0.5, 0.6) is 11.5 Å². The van der Waals surface area contributed by atoms with Crippen molar-refractivity contribution in [3.8, 4) is 11.5 Å². The minimum atomic E-state index is -0.448. The van der Waals surface area contributed by atoms with Crippen LogP contribution in [0.25, 0.3) is 0 Å². The molecule has 0 unspecified atom stereocenters. The van der Waals surface area contributed by atoms with Crippen LogP contribution in [0, 0.1) is 11.7 Å². The van der Waals surface area contributed by atoms with Crippen LogP contribution < -0.4 is 19.7 Å². The van der Waals surface area contributed by atoms with E-state index in [0.717, 1.165) is 6.54 Å². The first-order chi connectivity index (χ1) is 15.5. The van der Waals surface area contributed by atoms with Crippen molar-refractivity contribution >= 4 is 23.3 Å². The van der Waals surface area contributed by atoms with Crippen LogP contribution in [0.2, 0.25) is 0 Å². The van der Waals surface area contributed by atoms with E-state index in [2.05, 4.69) is 5.32 Å². The Hall–Kier alpha value is -3.42. The van der Waals surface area contributed by atoms with Crippen LogP contribution in [-0.4, -0.2) is 43.9 Å². The Morgan fingerprint density at radius 2 is 2.03 bits per heavy atom. The van der Waals surface area contributed by atoms with Gasteiger partial charge in [-0.05, 0) is 55.5 Å². The van der Waals surface area contributed by atoms with Gasteiger partial charge in [0.2, 0.25) is 5.91 Å². The number of Topliss-reactive ketones (excluding diaryl/α,β-unsaturated/α-hetero) is 1. The van der Waals surface area contributed by atoms with Crippen molar-refractivity contribution < 1.29 is 28.2 Å². The van der Waals surface area contributed by atoms with Crippen molar-refractivity contribution in [2.75, 3.05) is 31.2 Å². The minimum absolute atomic E-state index is 0.0174. The number of carbonyl (C=O) groups is 3. The molecule has 2 aromatic carbocycles. The van der Waals surface area contributed by atoms with Gasteiger partial charge in [0, 0.05) is 31.1 Å². The second-order valence-corrected chi connectivity index (χ2v) is 8.04. The monoisotopic (exact) mass is 440 g/mol. The summed E-state index contributed by atoms with van der Waals surface area (Å²) in [7, 11) is 0. The van der Waals surface area contributed by atoms with E-state index >= 15 is 0 Å². The molecule has 0 aromatic heterocycles.